The zero-order valence-electron chi connectivity index (χ0n) is 25.5. The number of nitrogens with one attached hydrogen (secondary N) is 2. The molecule has 1 amide bonds. The van der Waals surface area contributed by atoms with Crippen molar-refractivity contribution in [3.8, 4) is 0 Å². The fourth-order valence-corrected chi connectivity index (χ4v) is 4.82. The third-order valence-electron chi connectivity index (χ3n) is 7.16. The van der Waals surface area contributed by atoms with Crippen molar-refractivity contribution in [3.05, 3.63) is 0 Å². The summed E-state index contributed by atoms with van der Waals surface area (Å²) in [7, 11) is 0. The SMILES string of the molecule is CCCCCCCCCCCCCCCC(=O)NC(CNC(CCC)C(=O)O)CC(=O)CC(CCOC=O)OC=O. The lowest BCUT2D eigenvalue weighted by Crippen LogP contribution is -2.48. The van der Waals surface area contributed by atoms with Crippen LogP contribution in [0, 0.1) is 0 Å². The first-order valence-electron chi connectivity index (χ1n) is 15.8. The fraction of sp³-hybridized carbons (Fsp3) is 0.839. The predicted octanol–water partition coefficient (Wildman–Crippen LogP) is 5.25. The Hall–Kier alpha value is -2.49. The molecule has 0 heterocycles. The highest BCUT2D eigenvalue weighted by molar-refractivity contribution is 5.81. The largest absolute Gasteiger partial charge is 0.480 e. The van der Waals surface area contributed by atoms with E-state index in [0.717, 1.165) is 19.3 Å². The number of Topliss-reactive ketones (excluding diaryl/α,β-unsaturated/α-hetero) is 1. The monoisotopic (exact) mass is 584 g/mol. The molecule has 0 aliphatic carbocycles. The quantitative estimate of drug-likeness (QED) is 0.0734. The highest BCUT2D eigenvalue weighted by Gasteiger charge is 2.23. The fourth-order valence-electron chi connectivity index (χ4n) is 4.82. The summed E-state index contributed by atoms with van der Waals surface area (Å²) < 4.78 is 9.56. The van der Waals surface area contributed by atoms with Gasteiger partial charge in [0, 0.05) is 38.3 Å². The first-order chi connectivity index (χ1) is 19.9. The number of ketones is 1. The molecule has 0 spiro atoms. The van der Waals surface area contributed by atoms with Crippen molar-refractivity contribution < 1.29 is 38.6 Å². The molecule has 0 radical (unpaired) electrons. The summed E-state index contributed by atoms with van der Waals surface area (Å²) in [5, 5.41) is 15.3. The van der Waals surface area contributed by atoms with E-state index in [1.165, 1.54) is 64.2 Å². The maximum absolute atomic E-state index is 12.7. The molecule has 0 bridgehead atoms. The van der Waals surface area contributed by atoms with E-state index in [1.807, 2.05) is 6.92 Å². The van der Waals surface area contributed by atoms with Gasteiger partial charge in [-0.2, -0.15) is 0 Å². The van der Waals surface area contributed by atoms with Crippen LogP contribution in [0.1, 0.15) is 136 Å². The van der Waals surface area contributed by atoms with Crippen LogP contribution >= 0.6 is 0 Å². The number of rotatable bonds is 31. The van der Waals surface area contributed by atoms with Gasteiger partial charge in [0.05, 0.1) is 6.61 Å². The Morgan fingerprint density at radius 1 is 0.756 bits per heavy atom. The van der Waals surface area contributed by atoms with Crippen molar-refractivity contribution in [3.63, 3.8) is 0 Å². The van der Waals surface area contributed by atoms with Crippen LogP contribution in [0.25, 0.3) is 0 Å². The molecule has 0 aromatic rings. The van der Waals surface area contributed by atoms with Gasteiger partial charge in [0.15, 0.2) is 0 Å². The molecule has 0 aliphatic heterocycles. The van der Waals surface area contributed by atoms with Gasteiger partial charge < -0.3 is 25.2 Å². The van der Waals surface area contributed by atoms with E-state index in [9.17, 15) is 29.1 Å². The number of carboxylic acid groups (broad SMARTS) is 1. The van der Waals surface area contributed by atoms with Crippen LogP contribution in [0.2, 0.25) is 0 Å². The second kappa shape index (κ2) is 27.7. The van der Waals surface area contributed by atoms with Crippen molar-refractivity contribution in [1.29, 1.82) is 0 Å². The van der Waals surface area contributed by atoms with Crippen LogP contribution in [0.5, 0.6) is 0 Å². The lowest BCUT2D eigenvalue weighted by atomic mass is 10.0. The van der Waals surface area contributed by atoms with Crippen LogP contribution in [0.3, 0.4) is 0 Å². The van der Waals surface area contributed by atoms with Crippen molar-refractivity contribution in [2.75, 3.05) is 13.2 Å². The predicted molar refractivity (Wildman–Crippen MR) is 158 cm³/mol. The molecule has 3 atom stereocenters. The van der Waals surface area contributed by atoms with Gasteiger partial charge >= 0.3 is 5.97 Å². The Morgan fingerprint density at radius 2 is 1.34 bits per heavy atom. The minimum atomic E-state index is -0.982. The van der Waals surface area contributed by atoms with Crippen LogP contribution < -0.4 is 10.6 Å². The molecule has 238 valence electrons. The molecule has 41 heavy (non-hydrogen) atoms. The van der Waals surface area contributed by atoms with E-state index in [-0.39, 0.29) is 57.0 Å². The number of ether oxygens (including phenoxy) is 2. The Labute approximate surface area is 247 Å². The van der Waals surface area contributed by atoms with E-state index in [1.54, 1.807) is 0 Å². The minimum Gasteiger partial charge on any atom is -0.480 e. The highest BCUT2D eigenvalue weighted by Crippen LogP contribution is 2.13. The number of amides is 1. The molecule has 0 saturated heterocycles. The van der Waals surface area contributed by atoms with E-state index >= 15 is 0 Å². The second-order valence-corrected chi connectivity index (χ2v) is 10.9. The zero-order valence-corrected chi connectivity index (χ0v) is 25.5. The van der Waals surface area contributed by atoms with Gasteiger partial charge in [0.2, 0.25) is 5.91 Å². The molecule has 0 aromatic carbocycles. The number of hydrogen-bond donors (Lipinski definition) is 3. The van der Waals surface area contributed by atoms with E-state index in [2.05, 4.69) is 22.3 Å². The van der Waals surface area contributed by atoms with Gasteiger partial charge in [-0.15, -0.1) is 0 Å². The molecule has 3 unspecified atom stereocenters. The van der Waals surface area contributed by atoms with Gasteiger partial charge in [0.1, 0.15) is 17.9 Å². The molecule has 0 fully saturated rings. The average Bonchev–Trinajstić information content (AvgIpc) is 2.93. The van der Waals surface area contributed by atoms with Crippen molar-refractivity contribution >= 4 is 30.6 Å². The molecular formula is C31H56N2O8. The molecule has 0 aliphatic rings. The standard InChI is InChI=1S/C31H56N2O8/c1-3-5-6-7-8-9-10-11-12-13-14-15-16-18-30(37)33-26(23-32-29(17-4-2)31(38)39)21-27(36)22-28(41-25-35)19-20-40-24-34/h24-26,28-29,32H,3-23H2,1-2H3,(H,33,37)(H,38,39). The smallest absolute Gasteiger partial charge is 0.320 e. The molecular weight excluding hydrogens is 528 g/mol. The number of unbranched alkanes of at least 4 members (excludes halogenated alkanes) is 12. The molecule has 0 aromatic heterocycles. The van der Waals surface area contributed by atoms with Crippen LogP contribution in [-0.2, 0) is 33.4 Å². The second-order valence-electron chi connectivity index (χ2n) is 10.9. The van der Waals surface area contributed by atoms with E-state index in [4.69, 9.17) is 4.74 Å². The number of carbonyl (C=O) groups excluding carboxylic acids is 4. The summed E-state index contributed by atoms with van der Waals surface area (Å²) >= 11 is 0. The van der Waals surface area contributed by atoms with Crippen LogP contribution in [0.15, 0.2) is 0 Å². The van der Waals surface area contributed by atoms with Crippen molar-refractivity contribution in [2.45, 2.75) is 154 Å². The Bertz CT molecular complexity index is 704. The maximum Gasteiger partial charge on any atom is 0.320 e. The Morgan fingerprint density at radius 3 is 1.85 bits per heavy atom. The molecule has 0 saturated carbocycles. The summed E-state index contributed by atoms with van der Waals surface area (Å²) in [6.07, 6.45) is 16.6. The van der Waals surface area contributed by atoms with Crippen molar-refractivity contribution in [1.82, 2.24) is 10.6 Å². The van der Waals surface area contributed by atoms with Crippen LogP contribution in [-0.4, -0.2) is 67.0 Å². The summed E-state index contributed by atoms with van der Waals surface area (Å²) in [5.41, 5.74) is 0. The van der Waals surface area contributed by atoms with Crippen LogP contribution in [0.4, 0.5) is 0 Å². The number of hydrogen-bond acceptors (Lipinski definition) is 8. The molecule has 3 N–H and O–H groups in total. The first-order valence-corrected chi connectivity index (χ1v) is 15.8. The molecule has 0 rings (SSSR count). The number of carboxylic acids is 1. The number of carbonyl (C=O) groups is 5. The lowest BCUT2D eigenvalue weighted by molar-refractivity contribution is -0.140. The van der Waals surface area contributed by atoms with Gasteiger partial charge in [-0.1, -0.05) is 97.3 Å². The Kier molecular flexibility index (Phi) is 26.0. The third-order valence-corrected chi connectivity index (χ3v) is 7.16. The Balaban J connectivity index is 4.55. The highest BCUT2D eigenvalue weighted by atomic mass is 16.5. The topological polar surface area (TPSA) is 148 Å². The van der Waals surface area contributed by atoms with E-state index in [0.29, 0.717) is 19.3 Å². The minimum absolute atomic E-state index is 0.00738. The maximum atomic E-state index is 12.7. The van der Waals surface area contributed by atoms with Crippen molar-refractivity contribution in [2.24, 2.45) is 0 Å². The average molecular weight is 585 g/mol. The molecule has 10 heteroatoms. The normalized spacial score (nSPS) is 13.1. The summed E-state index contributed by atoms with van der Waals surface area (Å²) in [5.74, 6) is -1.40. The number of aliphatic carboxylic acids is 1. The van der Waals surface area contributed by atoms with E-state index < -0.39 is 24.2 Å². The summed E-state index contributed by atoms with van der Waals surface area (Å²) in [6.45, 7) is 4.78. The van der Waals surface area contributed by atoms with Gasteiger partial charge in [-0.05, 0) is 12.8 Å². The van der Waals surface area contributed by atoms with Gasteiger partial charge in [0.25, 0.3) is 12.9 Å². The summed E-state index contributed by atoms with van der Waals surface area (Å²) in [6, 6.07) is -1.37. The first kappa shape index (κ1) is 38.5. The molecule has 10 nitrogen and oxygen atoms in total. The zero-order chi connectivity index (χ0) is 30.6. The third kappa shape index (κ3) is 23.9. The summed E-state index contributed by atoms with van der Waals surface area (Å²) in [4.78, 5) is 58.1. The van der Waals surface area contributed by atoms with Gasteiger partial charge in [-0.25, -0.2) is 0 Å². The van der Waals surface area contributed by atoms with Gasteiger partial charge in [-0.3, -0.25) is 24.0 Å². The lowest BCUT2D eigenvalue weighted by Gasteiger charge is -2.22.